The van der Waals surface area contributed by atoms with Crippen LogP contribution in [0.4, 0.5) is 4.79 Å². The van der Waals surface area contributed by atoms with Gasteiger partial charge in [0.25, 0.3) is 0 Å². The molecular weight excluding hydrogens is 324 g/mol. The van der Waals surface area contributed by atoms with E-state index in [1.165, 1.54) is 7.11 Å². The van der Waals surface area contributed by atoms with Crippen molar-refractivity contribution in [1.82, 2.24) is 16.0 Å². The molecule has 8 heteroatoms. The lowest BCUT2D eigenvalue weighted by molar-refractivity contribution is -0.144. The van der Waals surface area contributed by atoms with Gasteiger partial charge in [-0.3, -0.25) is 9.79 Å². The van der Waals surface area contributed by atoms with Gasteiger partial charge in [0.2, 0.25) is 0 Å². The summed E-state index contributed by atoms with van der Waals surface area (Å²) in [6.07, 6.45) is -0.482. The van der Waals surface area contributed by atoms with Crippen molar-refractivity contribution in [3.05, 3.63) is 0 Å². The van der Waals surface area contributed by atoms with Crippen LogP contribution in [0.1, 0.15) is 48.5 Å². The Morgan fingerprint density at radius 1 is 1.12 bits per heavy atom. The molecule has 0 aromatic carbocycles. The fraction of sp³-hybridized carbons (Fsp3) is 0.824. The second kappa shape index (κ2) is 10.1. The lowest BCUT2D eigenvalue weighted by Crippen LogP contribution is -2.49. The topological polar surface area (TPSA) is 101 Å². The summed E-state index contributed by atoms with van der Waals surface area (Å²) in [5.74, 6) is -0.00524. The normalized spacial score (nSPS) is 13.7. The van der Waals surface area contributed by atoms with Gasteiger partial charge in [-0.15, -0.1) is 0 Å². The van der Waals surface area contributed by atoms with Crippen LogP contribution >= 0.6 is 0 Å². The molecule has 0 aliphatic carbocycles. The number of nitrogens with one attached hydrogen (secondary N) is 3. The molecule has 0 aliphatic heterocycles. The lowest BCUT2D eigenvalue weighted by atomic mass is 10.1. The summed E-state index contributed by atoms with van der Waals surface area (Å²) in [5.41, 5.74) is -1.14. The highest BCUT2D eigenvalue weighted by molar-refractivity contribution is 5.81. The van der Waals surface area contributed by atoms with Gasteiger partial charge in [0, 0.05) is 13.1 Å². The second-order valence-electron chi connectivity index (χ2n) is 7.51. The Morgan fingerprint density at radius 2 is 1.72 bits per heavy atom. The number of carbonyl (C=O) groups excluding carboxylic acids is 2. The van der Waals surface area contributed by atoms with Gasteiger partial charge in [0.15, 0.2) is 5.96 Å². The summed E-state index contributed by atoms with van der Waals surface area (Å²) in [4.78, 5) is 27.8. The van der Waals surface area contributed by atoms with Crippen molar-refractivity contribution in [2.45, 2.75) is 59.6 Å². The highest BCUT2D eigenvalue weighted by atomic mass is 16.6. The van der Waals surface area contributed by atoms with Gasteiger partial charge in [0.1, 0.15) is 5.60 Å². The predicted molar refractivity (Wildman–Crippen MR) is 98.6 cm³/mol. The maximum absolute atomic E-state index is 11.9. The van der Waals surface area contributed by atoms with E-state index in [-0.39, 0.29) is 11.9 Å². The molecule has 1 amide bonds. The molecule has 1 unspecified atom stereocenters. The highest BCUT2D eigenvalue weighted by Gasteiger charge is 2.24. The molecule has 1 atom stereocenters. The van der Waals surface area contributed by atoms with E-state index in [4.69, 9.17) is 9.47 Å². The molecule has 3 N–H and O–H groups in total. The Labute approximate surface area is 151 Å². The summed E-state index contributed by atoms with van der Waals surface area (Å²) in [6.45, 7) is 14.3. The first-order chi connectivity index (χ1) is 11.4. The van der Waals surface area contributed by atoms with E-state index in [0.717, 1.165) is 0 Å². The zero-order valence-corrected chi connectivity index (χ0v) is 16.8. The first-order valence-electron chi connectivity index (χ1n) is 8.51. The molecule has 0 bridgehead atoms. The number of aliphatic imine (C=N–C) groups is 1. The number of hydrogen-bond donors (Lipinski definition) is 3. The van der Waals surface area contributed by atoms with E-state index in [2.05, 4.69) is 20.9 Å². The average Bonchev–Trinajstić information content (AvgIpc) is 2.46. The predicted octanol–water partition coefficient (Wildman–Crippen LogP) is 1.65. The van der Waals surface area contributed by atoms with Crippen LogP contribution in [0.15, 0.2) is 4.99 Å². The largest absolute Gasteiger partial charge is 0.469 e. The van der Waals surface area contributed by atoms with Crippen molar-refractivity contribution in [3.8, 4) is 0 Å². The number of guanidine groups is 1. The third-order valence-electron chi connectivity index (χ3n) is 3.00. The Bertz CT molecular complexity index is 470. The lowest BCUT2D eigenvalue weighted by Gasteiger charge is -2.27. The van der Waals surface area contributed by atoms with Gasteiger partial charge in [0.05, 0.1) is 25.1 Å². The van der Waals surface area contributed by atoms with Crippen molar-refractivity contribution < 1.29 is 19.1 Å². The molecule has 0 rings (SSSR count). The number of methoxy groups -OCH3 is 1. The molecule has 0 aromatic rings. The van der Waals surface area contributed by atoms with Crippen LogP contribution in [0.5, 0.6) is 0 Å². The fourth-order valence-electron chi connectivity index (χ4n) is 1.77. The van der Waals surface area contributed by atoms with Crippen molar-refractivity contribution in [1.29, 1.82) is 0 Å². The summed E-state index contributed by atoms with van der Waals surface area (Å²) in [7, 11) is 1.36. The minimum Gasteiger partial charge on any atom is -0.469 e. The van der Waals surface area contributed by atoms with Crippen molar-refractivity contribution in [3.63, 3.8) is 0 Å². The van der Waals surface area contributed by atoms with Gasteiger partial charge in [-0.2, -0.15) is 0 Å². The fourth-order valence-corrected chi connectivity index (χ4v) is 1.77. The minimum absolute atomic E-state index is 0.282. The average molecular weight is 358 g/mol. The van der Waals surface area contributed by atoms with E-state index < -0.39 is 17.2 Å². The standard InChI is InChI=1S/C17H34N4O4/c1-9-18-14(19-10-12(2)13(22)24-8)20-11-17(6,7)21-15(23)25-16(3,4)5/h12H,9-11H2,1-8H3,(H,21,23)(H2,18,19,20). The summed E-state index contributed by atoms with van der Waals surface area (Å²) < 4.78 is 9.97. The van der Waals surface area contributed by atoms with Crippen LogP contribution in [0.2, 0.25) is 0 Å². The number of hydrogen-bond acceptors (Lipinski definition) is 5. The summed E-state index contributed by atoms with van der Waals surface area (Å²) in [6, 6.07) is 0. The van der Waals surface area contributed by atoms with Crippen LogP contribution in [0, 0.1) is 5.92 Å². The molecule has 0 spiro atoms. The maximum Gasteiger partial charge on any atom is 0.408 e. The Morgan fingerprint density at radius 3 is 2.20 bits per heavy atom. The Hall–Kier alpha value is -1.99. The monoisotopic (exact) mass is 358 g/mol. The van der Waals surface area contributed by atoms with Gasteiger partial charge in [-0.05, 0) is 41.5 Å². The molecule has 0 heterocycles. The van der Waals surface area contributed by atoms with Crippen LogP contribution in [0.25, 0.3) is 0 Å². The van der Waals surface area contributed by atoms with Crippen molar-refractivity contribution in [2.24, 2.45) is 10.9 Å². The van der Waals surface area contributed by atoms with E-state index in [1.807, 2.05) is 41.5 Å². The minimum atomic E-state index is -0.585. The molecule has 146 valence electrons. The van der Waals surface area contributed by atoms with Crippen LogP contribution in [-0.4, -0.2) is 55.9 Å². The molecule has 8 nitrogen and oxygen atoms in total. The summed E-state index contributed by atoms with van der Waals surface area (Å²) >= 11 is 0. The van der Waals surface area contributed by atoms with Gasteiger partial charge in [-0.25, -0.2) is 4.79 Å². The van der Waals surface area contributed by atoms with Gasteiger partial charge >= 0.3 is 12.1 Å². The SMILES string of the molecule is CCNC(=NCC(C)(C)NC(=O)OC(C)(C)C)NCC(C)C(=O)OC. The van der Waals surface area contributed by atoms with Gasteiger partial charge in [-0.1, -0.05) is 6.92 Å². The molecule has 25 heavy (non-hydrogen) atoms. The first kappa shape index (κ1) is 23.0. The molecular formula is C17H34N4O4. The maximum atomic E-state index is 11.9. The number of esters is 1. The van der Waals surface area contributed by atoms with E-state index in [9.17, 15) is 9.59 Å². The first-order valence-corrected chi connectivity index (χ1v) is 8.51. The summed E-state index contributed by atoms with van der Waals surface area (Å²) in [5, 5.41) is 9.00. The number of amides is 1. The highest BCUT2D eigenvalue weighted by Crippen LogP contribution is 2.09. The molecule has 0 saturated heterocycles. The van der Waals surface area contributed by atoms with Gasteiger partial charge < -0.3 is 25.4 Å². The van der Waals surface area contributed by atoms with E-state index in [1.54, 1.807) is 6.92 Å². The van der Waals surface area contributed by atoms with E-state index in [0.29, 0.717) is 25.6 Å². The zero-order chi connectivity index (χ0) is 19.7. The number of alkyl carbamates (subject to hydrolysis) is 1. The number of rotatable bonds is 7. The van der Waals surface area contributed by atoms with E-state index >= 15 is 0 Å². The van der Waals surface area contributed by atoms with Crippen molar-refractivity contribution in [2.75, 3.05) is 26.7 Å². The molecule has 0 fully saturated rings. The molecule has 0 aromatic heterocycles. The molecule has 0 saturated carbocycles. The second-order valence-corrected chi connectivity index (χ2v) is 7.51. The number of ether oxygens (including phenoxy) is 2. The van der Waals surface area contributed by atoms with Crippen molar-refractivity contribution >= 4 is 18.0 Å². The van der Waals surface area contributed by atoms with Crippen LogP contribution < -0.4 is 16.0 Å². The van der Waals surface area contributed by atoms with Crippen LogP contribution in [0.3, 0.4) is 0 Å². The number of carbonyl (C=O) groups is 2. The Balaban J connectivity index is 4.70. The quantitative estimate of drug-likeness (QED) is 0.363. The zero-order valence-electron chi connectivity index (χ0n) is 16.8. The number of nitrogens with zero attached hydrogens (tertiary/aromatic N) is 1. The molecule has 0 aliphatic rings. The van der Waals surface area contributed by atoms with Crippen LogP contribution in [-0.2, 0) is 14.3 Å². The third kappa shape index (κ3) is 11.2. The smallest absolute Gasteiger partial charge is 0.408 e. The molecule has 0 radical (unpaired) electrons. The third-order valence-corrected chi connectivity index (χ3v) is 3.00. The Kier molecular flexibility index (Phi) is 9.30.